The van der Waals surface area contributed by atoms with Crippen molar-refractivity contribution in [1.82, 2.24) is 4.90 Å². The molecule has 1 amide bonds. The van der Waals surface area contributed by atoms with Gasteiger partial charge in [0, 0.05) is 18.5 Å². The first-order chi connectivity index (χ1) is 10.7. The van der Waals surface area contributed by atoms with E-state index in [1.807, 2.05) is 24.3 Å². The van der Waals surface area contributed by atoms with Crippen LogP contribution in [0.3, 0.4) is 0 Å². The van der Waals surface area contributed by atoms with Crippen LogP contribution in [0.15, 0.2) is 35.7 Å². The first-order valence-electron chi connectivity index (χ1n) is 7.70. The smallest absolute Gasteiger partial charge is 0.214 e. The Morgan fingerprint density at radius 1 is 1.23 bits per heavy atom. The summed E-state index contributed by atoms with van der Waals surface area (Å²) >= 11 is 0. The minimum absolute atomic E-state index is 0.212. The zero-order valence-electron chi connectivity index (χ0n) is 12.6. The van der Waals surface area contributed by atoms with Crippen LogP contribution < -0.4 is 0 Å². The molecule has 22 heavy (non-hydrogen) atoms. The van der Waals surface area contributed by atoms with Gasteiger partial charge in [-0.2, -0.15) is 0 Å². The fraction of sp³-hybridized carbons (Fsp3) is 0.333. The molecule has 0 fully saturated rings. The third kappa shape index (κ3) is 2.15. The summed E-state index contributed by atoms with van der Waals surface area (Å²) in [5.74, 6) is -0.595. The number of aliphatic hydroxyl groups is 1. The molecule has 4 nitrogen and oxygen atoms in total. The number of benzene rings is 1. The largest absolute Gasteiger partial charge is 0.503 e. The molecule has 1 aromatic carbocycles. The van der Waals surface area contributed by atoms with E-state index < -0.39 is 0 Å². The van der Waals surface area contributed by atoms with Gasteiger partial charge in [-0.15, -0.1) is 0 Å². The van der Waals surface area contributed by atoms with Crippen LogP contribution in [0, 0.1) is 0 Å². The molecule has 0 aliphatic heterocycles. The molecule has 0 spiro atoms. The van der Waals surface area contributed by atoms with Crippen molar-refractivity contribution in [2.75, 3.05) is 6.54 Å². The summed E-state index contributed by atoms with van der Waals surface area (Å²) in [6, 6.07) is 7.80. The van der Waals surface area contributed by atoms with Gasteiger partial charge in [0.15, 0.2) is 5.76 Å². The fourth-order valence-corrected chi connectivity index (χ4v) is 3.18. The fourth-order valence-electron chi connectivity index (χ4n) is 3.18. The van der Waals surface area contributed by atoms with Crippen molar-refractivity contribution in [1.29, 1.82) is 0 Å². The normalized spacial score (nSPS) is 16.1. The van der Waals surface area contributed by atoms with Gasteiger partial charge in [-0.1, -0.05) is 44.0 Å². The molecular weight excluding hydrogens is 278 g/mol. The lowest BCUT2D eigenvalue weighted by atomic mass is 9.73. The van der Waals surface area contributed by atoms with E-state index >= 15 is 0 Å². The van der Waals surface area contributed by atoms with Gasteiger partial charge in [-0.3, -0.25) is 9.59 Å². The predicted molar refractivity (Wildman–Crippen MR) is 84.8 cm³/mol. The molecule has 4 heteroatoms. The van der Waals surface area contributed by atoms with E-state index in [2.05, 4.69) is 6.92 Å². The number of ketones is 1. The van der Waals surface area contributed by atoms with E-state index in [9.17, 15) is 14.7 Å². The number of hydrogen-bond acceptors (Lipinski definition) is 3. The highest BCUT2D eigenvalue weighted by molar-refractivity contribution is 6.21. The Hall–Kier alpha value is -2.36. The maximum Gasteiger partial charge on any atom is 0.214 e. The summed E-state index contributed by atoms with van der Waals surface area (Å²) in [5.41, 5.74) is 4.24. The molecule has 1 aromatic rings. The number of unbranched alkanes of at least 4 members (excludes halogenated alkanes) is 2. The molecule has 114 valence electrons. The number of allylic oxidation sites excluding steroid dienone is 3. The number of carbonyl (C=O) groups is 2. The van der Waals surface area contributed by atoms with Gasteiger partial charge < -0.3 is 10.0 Å². The van der Waals surface area contributed by atoms with Gasteiger partial charge in [-0.25, -0.2) is 0 Å². The molecule has 0 atom stereocenters. The molecule has 2 aliphatic carbocycles. The van der Waals surface area contributed by atoms with Gasteiger partial charge in [0.1, 0.15) is 0 Å². The highest BCUT2D eigenvalue weighted by atomic mass is 16.3. The SMILES string of the molecule is CCCCCN(C=O)C1=C(O)C(=O)CC2=C1c1ccccc12. The van der Waals surface area contributed by atoms with Gasteiger partial charge in [0.05, 0.1) is 5.70 Å². The summed E-state index contributed by atoms with van der Waals surface area (Å²) < 4.78 is 0. The number of Topliss-reactive ketones (excluding diaryl/α,β-unsaturated/α-hetero) is 1. The van der Waals surface area contributed by atoms with Crippen LogP contribution >= 0.6 is 0 Å². The van der Waals surface area contributed by atoms with E-state index in [-0.39, 0.29) is 18.0 Å². The third-order valence-corrected chi connectivity index (χ3v) is 4.30. The van der Waals surface area contributed by atoms with Crippen LogP contribution in [0.1, 0.15) is 43.7 Å². The summed E-state index contributed by atoms with van der Waals surface area (Å²) in [6.45, 7) is 2.61. The molecule has 3 rings (SSSR count). The minimum Gasteiger partial charge on any atom is -0.503 e. The monoisotopic (exact) mass is 297 g/mol. The van der Waals surface area contributed by atoms with E-state index in [0.29, 0.717) is 18.7 Å². The Labute approximate surface area is 129 Å². The number of carbonyl (C=O) groups excluding carboxylic acids is 2. The van der Waals surface area contributed by atoms with Crippen molar-refractivity contribution >= 4 is 23.3 Å². The first-order valence-corrected chi connectivity index (χ1v) is 7.70. The Bertz CT molecular complexity index is 700. The molecule has 0 saturated carbocycles. The van der Waals surface area contributed by atoms with E-state index in [1.165, 1.54) is 4.90 Å². The quantitative estimate of drug-likeness (QED) is 0.647. The Morgan fingerprint density at radius 3 is 2.64 bits per heavy atom. The molecule has 0 unspecified atom stereocenters. The van der Waals surface area contributed by atoms with E-state index in [4.69, 9.17) is 0 Å². The molecule has 0 radical (unpaired) electrons. The van der Waals surface area contributed by atoms with Gasteiger partial charge in [0.2, 0.25) is 12.2 Å². The molecule has 2 aliphatic rings. The van der Waals surface area contributed by atoms with Gasteiger partial charge in [-0.05, 0) is 23.1 Å². The topological polar surface area (TPSA) is 57.6 Å². The van der Waals surface area contributed by atoms with Crippen LogP contribution in [0.25, 0.3) is 11.1 Å². The first kappa shape index (κ1) is 14.6. The zero-order valence-corrected chi connectivity index (χ0v) is 12.6. The lowest BCUT2D eigenvalue weighted by Crippen LogP contribution is -2.32. The Kier molecular flexibility index (Phi) is 3.84. The van der Waals surface area contributed by atoms with Gasteiger partial charge in [0.25, 0.3) is 0 Å². The van der Waals surface area contributed by atoms with Crippen molar-refractivity contribution in [2.24, 2.45) is 0 Å². The number of rotatable bonds is 6. The molecule has 0 heterocycles. The highest BCUT2D eigenvalue weighted by Crippen LogP contribution is 2.50. The van der Waals surface area contributed by atoms with Crippen LogP contribution in [-0.2, 0) is 9.59 Å². The van der Waals surface area contributed by atoms with Gasteiger partial charge >= 0.3 is 0 Å². The third-order valence-electron chi connectivity index (χ3n) is 4.30. The van der Waals surface area contributed by atoms with Crippen LogP contribution in [-0.4, -0.2) is 28.7 Å². The summed E-state index contributed by atoms with van der Waals surface area (Å²) in [7, 11) is 0. The Morgan fingerprint density at radius 2 is 1.95 bits per heavy atom. The number of amides is 1. The maximum atomic E-state index is 12.1. The molecule has 1 N–H and O–H groups in total. The number of hydrogen-bond donors (Lipinski definition) is 1. The van der Waals surface area contributed by atoms with Crippen molar-refractivity contribution in [3.05, 3.63) is 46.8 Å². The van der Waals surface area contributed by atoms with Crippen molar-refractivity contribution in [2.45, 2.75) is 32.6 Å². The minimum atomic E-state index is -0.314. The second-order valence-corrected chi connectivity index (χ2v) is 5.70. The summed E-state index contributed by atoms with van der Waals surface area (Å²) in [6.07, 6.45) is 3.83. The van der Waals surface area contributed by atoms with Crippen molar-refractivity contribution in [3.63, 3.8) is 0 Å². The van der Waals surface area contributed by atoms with Crippen molar-refractivity contribution in [3.8, 4) is 0 Å². The Balaban J connectivity index is 1.98. The van der Waals surface area contributed by atoms with Crippen LogP contribution in [0.5, 0.6) is 0 Å². The van der Waals surface area contributed by atoms with E-state index in [1.54, 1.807) is 0 Å². The zero-order chi connectivity index (χ0) is 15.7. The summed E-state index contributed by atoms with van der Waals surface area (Å²) in [4.78, 5) is 25.0. The average Bonchev–Trinajstić information content (AvgIpc) is 2.53. The van der Waals surface area contributed by atoms with Crippen LogP contribution in [0.4, 0.5) is 0 Å². The standard InChI is InChI=1S/C18H19NO3/c1-2-3-6-9-19(11-20)17-16-13-8-5-4-7-12(13)14(16)10-15(21)18(17)22/h4-5,7-8,11,22H,2-3,6,9-10H2,1H3. The lowest BCUT2D eigenvalue weighted by Gasteiger charge is -2.36. The molecule has 0 aromatic heterocycles. The van der Waals surface area contributed by atoms with E-state index in [0.717, 1.165) is 41.5 Å². The maximum absolute atomic E-state index is 12.1. The number of fused-ring (bicyclic) bond motifs is 3. The molecular formula is C18H19NO3. The second kappa shape index (κ2) is 5.79. The number of aliphatic hydroxyl groups excluding tert-OH is 1. The second-order valence-electron chi connectivity index (χ2n) is 5.70. The van der Waals surface area contributed by atoms with Crippen molar-refractivity contribution < 1.29 is 14.7 Å². The summed E-state index contributed by atoms with van der Waals surface area (Å²) in [5, 5.41) is 10.2. The highest BCUT2D eigenvalue weighted by Gasteiger charge is 2.38. The lowest BCUT2D eigenvalue weighted by molar-refractivity contribution is -0.118. The number of nitrogens with zero attached hydrogens (tertiary/aromatic N) is 1. The molecule has 0 bridgehead atoms. The van der Waals surface area contributed by atoms with Crippen LogP contribution in [0.2, 0.25) is 0 Å². The predicted octanol–water partition coefficient (Wildman–Crippen LogP) is 3.30. The average molecular weight is 297 g/mol. The molecule has 0 saturated heterocycles.